The third-order valence-electron chi connectivity index (χ3n) is 4.24. The summed E-state index contributed by atoms with van der Waals surface area (Å²) in [5.41, 5.74) is 1.35. The van der Waals surface area contributed by atoms with Gasteiger partial charge in [0, 0.05) is 19.2 Å². The monoisotopic (exact) mass is 343 g/mol. The van der Waals surface area contributed by atoms with E-state index < -0.39 is 11.6 Å². The molecule has 25 heavy (non-hydrogen) atoms. The first-order valence-corrected chi connectivity index (χ1v) is 7.89. The van der Waals surface area contributed by atoms with E-state index in [1.807, 2.05) is 7.05 Å². The molecule has 2 aromatic rings. The number of carbonyl (C=O) groups excluding carboxylic acids is 1. The van der Waals surface area contributed by atoms with Crippen LogP contribution in [-0.2, 0) is 7.05 Å². The molecule has 3 rings (SSSR count). The molecule has 128 valence electrons. The van der Waals surface area contributed by atoms with Crippen molar-refractivity contribution < 1.29 is 18.1 Å². The average Bonchev–Trinajstić information content (AvgIpc) is 3.01. The van der Waals surface area contributed by atoms with Crippen molar-refractivity contribution in [3.8, 4) is 6.07 Å². The van der Waals surface area contributed by atoms with Gasteiger partial charge in [-0.2, -0.15) is 9.83 Å². The highest BCUT2D eigenvalue weighted by Gasteiger charge is 2.25. The van der Waals surface area contributed by atoms with E-state index in [0.717, 1.165) is 23.8 Å². The number of carbonyl (C=O) groups is 1. The second-order valence-electron chi connectivity index (χ2n) is 6.00. The second-order valence-corrected chi connectivity index (χ2v) is 6.00. The molecule has 1 fully saturated rings. The Morgan fingerprint density at radius 2 is 1.84 bits per heavy atom. The number of hydrogen-bond acceptors (Lipinski definition) is 2. The van der Waals surface area contributed by atoms with Gasteiger partial charge >= 0.3 is 6.03 Å². The molecule has 0 atom stereocenters. The summed E-state index contributed by atoms with van der Waals surface area (Å²) in [7, 11) is 1.83. The van der Waals surface area contributed by atoms with Gasteiger partial charge in [-0.1, -0.05) is 0 Å². The summed E-state index contributed by atoms with van der Waals surface area (Å²) in [5.74, 6) is -1.42. The highest BCUT2D eigenvalue weighted by molar-refractivity contribution is 5.80. The Hall–Kier alpha value is -3.01. The second kappa shape index (κ2) is 6.85. The van der Waals surface area contributed by atoms with Gasteiger partial charge < -0.3 is 4.90 Å². The van der Waals surface area contributed by atoms with Crippen molar-refractivity contribution in [3.63, 3.8) is 0 Å². The molecule has 0 bridgehead atoms. The van der Waals surface area contributed by atoms with Gasteiger partial charge in [0.05, 0.1) is 18.7 Å². The molecule has 1 aliphatic heterocycles. The quantitative estimate of drug-likeness (QED) is 0.590. The molecule has 0 N–H and O–H groups in total. The lowest BCUT2D eigenvalue weighted by Crippen LogP contribution is -2.39. The minimum atomic E-state index is -0.712. The lowest BCUT2D eigenvalue weighted by atomic mass is 9.94. The van der Waals surface area contributed by atoms with E-state index in [9.17, 15) is 18.8 Å². The molecule has 1 aromatic carbocycles. The number of aromatic nitrogens is 2. The maximum atomic E-state index is 13.4. The number of amides is 1. The van der Waals surface area contributed by atoms with Gasteiger partial charge in [-0.05, 0) is 36.1 Å². The predicted octanol–water partition coefficient (Wildman–Crippen LogP) is 2.63. The summed E-state index contributed by atoms with van der Waals surface area (Å²) in [5, 5.41) is 9.43. The largest absolute Gasteiger partial charge is 0.415 e. The smallest absolute Gasteiger partial charge is 0.304 e. The molecule has 0 saturated carbocycles. The highest BCUT2D eigenvalue weighted by Crippen LogP contribution is 2.27. The number of imidazole rings is 1. The van der Waals surface area contributed by atoms with Gasteiger partial charge in [-0.3, -0.25) is 0 Å². The van der Waals surface area contributed by atoms with Gasteiger partial charge in [0.25, 0.3) is 6.33 Å². The van der Waals surface area contributed by atoms with Crippen molar-refractivity contribution in [3.05, 3.63) is 59.7 Å². The lowest BCUT2D eigenvalue weighted by molar-refractivity contribution is -0.670. The zero-order chi connectivity index (χ0) is 18.0. The maximum Gasteiger partial charge on any atom is 0.415 e. The molecule has 2 heterocycles. The van der Waals surface area contributed by atoms with E-state index in [4.69, 9.17) is 0 Å². The minimum Gasteiger partial charge on any atom is -0.304 e. The van der Waals surface area contributed by atoms with E-state index in [2.05, 4.69) is 6.07 Å². The van der Waals surface area contributed by atoms with Crippen LogP contribution < -0.4 is 4.57 Å². The van der Waals surface area contributed by atoms with Crippen LogP contribution in [-0.4, -0.2) is 28.6 Å². The van der Waals surface area contributed by atoms with Gasteiger partial charge in [-0.15, -0.1) is 0 Å². The van der Waals surface area contributed by atoms with Crippen LogP contribution in [0, 0.1) is 23.0 Å². The van der Waals surface area contributed by atoms with Crippen LogP contribution in [0.5, 0.6) is 0 Å². The van der Waals surface area contributed by atoms with Crippen molar-refractivity contribution in [2.45, 2.75) is 12.8 Å². The topological polar surface area (TPSA) is 52.9 Å². The zero-order valence-electron chi connectivity index (χ0n) is 13.7. The molecule has 5 nitrogen and oxygen atoms in total. The fourth-order valence-corrected chi connectivity index (χ4v) is 2.99. The third kappa shape index (κ3) is 3.58. The van der Waals surface area contributed by atoms with Crippen LogP contribution in [0.4, 0.5) is 13.6 Å². The molecule has 0 spiro atoms. The van der Waals surface area contributed by atoms with Gasteiger partial charge in [0.1, 0.15) is 24.0 Å². The standard InChI is InChI=1S/C18H17F2N4O/c1-22-6-7-24(12-22)18(25)23-4-2-13(3-5-23)17(11-21)14-8-15(19)10-16(20)9-14/h6-10,12H,2-5H2,1H3/q+1. The number of nitriles is 1. The number of likely N-dealkylation sites (tertiary alicyclic amines) is 1. The number of halogens is 2. The van der Waals surface area contributed by atoms with Crippen LogP contribution in [0.15, 0.2) is 42.5 Å². The summed E-state index contributed by atoms with van der Waals surface area (Å²) < 4.78 is 30.1. The minimum absolute atomic E-state index is 0.130. The SMILES string of the molecule is C[n+]1ccn(C(=O)N2CCC(=C(C#N)c3cc(F)cc(F)c3)CC2)c1. The Morgan fingerprint density at radius 3 is 2.36 bits per heavy atom. The number of aryl methyl sites for hydroxylation is 1. The Labute approximate surface area is 144 Å². The number of benzene rings is 1. The maximum absolute atomic E-state index is 13.4. The average molecular weight is 343 g/mol. The fraction of sp³-hybridized carbons (Fsp3) is 0.278. The number of nitrogens with zero attached hydrogens (tertiary/aromatic N) is 4. The molecular formula is C18H17F2N4O+. The normalized spacial score (nSPS) is 14.3. The molecule has 1 amide bonds. The van der Waals surface area contributed by atoms with Crippen molar-refractivity contribution in [2.24, 2.45) is 7.05 Å². The van der Waals surface area contributed by atoms with E-state index in [0.29, 0.717) is 25.9 Å². The summed E-state index contributed by atoms with van der Waals surface area (Å²) >= 11 is 0. The Bertz CT molecular complexity index is 864. The van der Waals surface area contributed by atoms with Gasteiger partial charge in [-0.25, -0.2) is 18.1 Å². The summed E-state index contributed by atoms with van der Waals surface area (Å²) in [6, 6.07) is 5.02. The number of rotatable bonds is 1. The molecule has 0 radical (unpaired) electrons. The molecule has 1 aliphatic rings. The number of allylic oxidation sites excluding steroid dienone is 1. The van der Waals surface area contributed by atoms with E-state index in [1.165, 1.54) is 4.57 Å². The van der Waals surface area contributed by atoms with Crippen molar-refractivity contribution in [1.82, 2.24) is 9.47 Å². The first-order valence-electron chi connectivity index (χ1n) is 7.89. The van der Waals surface area contributed by atoms with Gasteiger partial charge in [0.2, 0.25) is 0 Å². The number of piperidine rings is 1. The predicted molar refractivity (Wildman–Crippen MR) is 86.1 cm³/mol. The zero-order valence-corrected chi connectivity index (χ0v) is 13.7. The van der Waals surface area contributed by atoms with E-state index in [-0.39, 0.29) is 17.2 Å². The molecule has 0 aliphatic carbocycles. The molecule has 1 saturated heterocycles. The van der Waals surface area contributed by atoms with Crippen LogP contribution in [0.1, 0.15) is 18.4 Å². The summed E-state index contributed by atoms with van der Waals surface area (Å²) in [6.45, 7) is 0.915. The molecule has 7 heteroatoms. The molecular weight excluding hydrogens is 326 g/mol. The van der Waals surface area contributed by atoms with Crippen molar-refractivity contribution in [1.29, 1.82) is 5.26 Å². The van der Waals surface area contributed by atoms with Crippen molar-refractivity contribution in [2.75, 3.05) is 13.1 Å². The lowest BCUT2D eigenvalue weighted by Gasteiger charge is -2.27. The summed E-state index contributed by atoms with van der Waals surface area (Å²) in [6.07, 6.45) is 6.15. The van der Waals surface area contributed by atoms with Crippen LogP contribution in [0.25, 0.3) is 5.57 Å². The van der Waals surface area contributed by atoms with Gasteiger partial charge in [0.15, 0.2) is 0 Å². The molecule has 1 aromatic heterocycles. The van der Waals surface area contributed by atoms with Crippen LogP contribution in [0.3, 0.4) is 0 Å². The van der Waals surface area contributed by atoms with E-state index >= 15 is 0 Å². The fourth-order valence-electron chi connectivity index (χ4n) is 2.99. The Morgan fingerprint density at radius 1 is 1.20 bits per heavy atom. The summed E-state index contributed by atoms with van der Waals surface area (Å²) in [4.78, 5) is 14.1. The third-order valence-corrected chi connectivity index (χ3v) is 4.24. The van der Waals surface area contributed by atoms with E-state index in [1.54, 1.807) is 28.2 Å². The highest BCUT2D eigenvalue weighted by atomic mass is 19.1. The van der Waals surface area contributed by atoms with Crippen molar-refractivity contribution >= 4 is 11.6 Å². The first kappa shape index (κ1) is 16.8. The first-order chi connectivity index (χ1) is 12.0. The van der Waals surface area contributed by atoms with Crippen LogP contribution >= 0.6 is 0 Å². The number of hydrogen-bond donors (Lipinski definition) is 0. The Balaban J connectivity index is 1.78. The van der Waals surface area contributed by atoms with Crippen LogP contribution in [0.2, 0.25) is 0 Å². The Kier molecular flexibility index (Phi) is 4.61. The molecule has 0 unspecified atom stereocenters.